The molecule has 1 amide bonds. The number of benzene rings is 3. The number of amides is 1. The molecule has 4 rings (SSSR count). The Morgan fingerprint density at radius 2 is 1.89 bits per heavy atom. The predicted molar refractivity (Wildman–Crippen MR) is 116 cm³/mol. The molecule has 0 bridgehead atoms. The zero-order valence-corrected chi connectivity index (χ0v) is 17.1. The van der Waals surface area contributed by atoms with Gasteiger partial charge in [-0.3, -0.25) is 4.79 Å². The average molecular weight is 468 g/mol. The number of nitrogens with zero attached hydrogens (tertiary/aromatic N) is 1. The number of aromatic nitrogens is 1. The number of hydrogen-bond donors (Lipinski definition) is 1. The van der Waals surface area contributed by atoms with Crippen LogP contribution in [0.2, 0.25) is 0 Å². The monoisotopic (exact) mass is 468 g/mol. The third kappa shape index (κ3) is 3.73. The van der Waals surface area contributed by atoms with E-state index in [1.54, 1.807) is 6.07 Å². The number of carbonyl (C=O) groups is 1. The third-order valence-electron chi connectivity index (χ3n) is 4.36. The maximum atomic E-state index is 12.6. The van der Waals surface area contributed by atoms with Crippen molar-refractivity contribution in [2.45, 2.75) is 13.8 Å². The van der Waals surface area contributed by atoms with Gasteiger partial charge in [0.15, 0.2) is 5.58 Å². The van der Waals surface area contributed by atoms with Gasteiger partial charge in [0.05, 0.1) is 0 Å². The van der Waals surface area contributed by atoms with Crippen LogP contribution in [0.1, 0.15) is 21.5 Å². The van der Waals surface area contributed by atoms with E-state index in [0.29, 0.717) is 11.5 Å². The first-order chi connectivity index (χ1) is 13.0. The molecule has 3 aromatic carbocycles. The smallest absolute Gasteiger partial charge is 0.255 e. The maximum Gasteiger partial charge on any atom is 0.255 e. The minimum Gasteiger partial charge on any atom is -0.436 e. The van der Waals surface area contributed by atoms with E-state index in [0.717, 1.165) is 37.0 Å². The second-order valence-corrected chi connectivity index (χ2v) is 7.73. The molecule has 0 spiro atoms. The van der Waals surface area contributed by atoms with Crippen molar-refractivity contribution < 1.29 is 9.21 Å². The molecule has 5 heteroatoms. The Morgan fingerprint density at radius 1 is 1.04 bits per heavy atom. The Kier molecular flexibility index (Phi) is 4.70. The van der Waals surface area contributed by atoms with Crippen molar-refractivity contribution in [2.24, 2.45) is 0 Å². The van der Waals surface area contributed by atoms with Crippen molar-refractivity contribution in [3.8, 4) is 11.5 Å². The van der Waals surface area contributed by atoms with Crippen molar-refractivity contribution in [1.82, 2.24) is 4.98 Å². The quantitative estimate of drug-likeness (QED) is 0.377. The lowest BCUT2D eigenvalue weighted by Crippen LogP contribution is -2.13. The number of rotatable bonds is 3. The summed E-state index contributed by atoms with van der Waals surface area (Å²) < 4.78 is 6.93. The third-order valence-corrected chi connectivity index (χ3v) is 5.03. The number of anilines is 1. The normalized spacial score (nSPS) is 10.9. The maximum absolute atomic E-state index is 12.6. The van der Waals surface area contributed by atoms with Crippen LogP contribution in [0.25, 0.3) is 22.6 Å². The van der Waals surface area contributed by atoms with Gasteiger partial charge in [0.2, 0.25) is 5.89 Å². The molecule has 0 atom stereocenters. The lowest BCUT2D eigenvalue weighted by atomic mass is 10.1. The van der Waals surface area contributed by atoms with Gasteiger partial charge in [0.1, 0.15) is 5.52 Å². The molecule has 0 fully saturated rings. The lowest BCUT2D eigenvalue weighted by Gasteiger charge is -2.10. The number of carbonyl (C=O) groups excluding carboxylic acids is 1. The molecule has 0 aliphatic carbocycles. The zero-order chi connectivity index (χ0) is 19.0. The minimum absolute atomic E-state index is 0.137. The van der Waals surface area contributed by atoms with Crippen LogP contribution in [0.5, 0.6) is 0 Å². The number of nitrogens with one attached hydrogen (secondary N) is 1. The van der Waals surface area contributed by atoms with Crippen molar-refractivity contribution >= 4 is 45.3 Å². The van der Waals surface area contributed by atoms with E-state index in [4.69, 9.17) is 4.42 Å². The van der Waals surface area contributed by atoms with Crippen LogP contribution >= 0.6 is 22.6 Å². The average Bonchev–Trinajstić information content (AvgIpc) is 3.06. The summed E-state index contributed by atoms with van der Waals surface area (Å²) in [5.74, 6) is 0.405. The molecule has 0 aliphatic heterocycles. The molecule has 4 nitrogen and oxygen atoms in total. The molecule has 4 aromatic rings. The second-order valence-electron chi connectivity index (χ2n) is 6.48. The molecule has 27 heavy (non-hydrogen) atoms. The number of hydrogen-bond acceptors (Lipinski definition) is 3. The Labute approximate surface area is 170 Å². The molecular formula is C22H17IN2O2. The highest BCUT2D eigenvalue weighted by Crippen LogP contribution is 2.28. The molecule has 0 unspecified atom stereocenters. The van der Waals surface area contributed by atoms with Crippen LogP contribution in [-0.2, 0) is 0 Å². The number of halogens is 1. The number of aryl methyl sites for hydroxylation is 2. The van der Waals surface area contributed by atoms with Gasteiger partial charge in [0.25, 0.3) is 5.91 Å². The van der Waals surface area contributed by atoms with E-state index < -0.39 is 0 Å². The van der Waals surface area contributed by atoms with Crippen LogP contribution in [0, 0.1) is 17.4 Å². The predicted octanol–water partition coefficient (Wildman–Crippen LogP) is 5.97. The first-order valence-corrected chi connectivity index (χ1v) is 9.62. The molecule has 1 aromatic heterocycles. The van der Waals surface area contributed by atoms with Crippen LogP contribution < -0.4 is 5.32 Å². The first-order valence-electron chi connectivity index (χ1n) is 8.55. The van der Waals surface area contributed by atoms with Crippen LogP contribution in [0.3, 0.4) is 0 Å². The second kappa shape index (κ2) is 7.15. The van der Waals surface area contributed by atoms with Crippen molar-refractivity contribution in [2.75, 3.05) is 5.32 Å². The molecule has 1 N–H and O–H groups in total. The Balaban J connectivity index is 1.67. The fourth-order valence-electron chi connectivity index (χ4n) is 2.87. The molecule has 0 saturated heterocycles. The van der Waals surface area contributed by atoms with E-state index in [2.05, 4.69) is 32.9 Å². The van der Waals surface area contributed by atoms with Gasteiger partial charge in [-0.2, -0.15) is 0 Å². The van der Waals surface area contributed by atoms with Gasteiger partial charge in [-0.25, -0.2) is 4.98 Å². The molecular weight excluding hydrogens is 451 g/mol. The molecule has 0 radical (unpaired) electrons. The van der Waals surface area contributed by atoms with E-state index in [1.807, 2.05) is 68.4 Å². The van der Waals surface area contributed by atoms with E-state index in [9.17, 15) is 4.79 Å². The van der Waals surface area contributed by atoms with Crippen LogP contribution in [0.4, 0.5) is 5.69 Å². The van der Waals surface area contributed by atoms with Gasteiger partial charge >= 0.3 is 0 Å². The van der Waals surface area contributed by atoms with E-state index in [-0.39, 0.29) is 5.91 Å². The van der Waals surface area contributed by atoms with E-state index in [1.165, 1.54) is 0 Å². The van der Waals surface area contributed by atoms with Gasteiger partial charge in [-0.05, 0) is 90.0 Å². The summed E-state index contributed by atoms with van der Waals surface area (Å²) in [5.41, 5.74) is 5.88. The minimum atomic E-state index is -0.137. The van der Waals surface area contributed by atoms with Gasteiger partial charge < -0.3 is 9.73 Å². The highest BCUT2D eigenvalue weighted by atomic mass is 127. The van der Waals surface area contributed by atoms with E-state index >= 15 is 0 Å². The van der Waals surface area contributed by atoms with Crippen molar-refractivity contribution in [1.29, 1.82) is 0 Å². The summed E-state index contributed by atoms with van der Waals surface area (Å²) in [7, 11) is 0. The highest BCUT2D eigenvalue weighted by molar-refractivity contribution is 14.1. The Morgan fingerprint density at radius 3 is 2.70 bits per heavy atom. The van der Waals surface area contributed by atoms with Crippen LogP contribution in [-0.4, -0.2) is 10.9 Å². The van der Waals surface area contributed by atoms with Crippen molar-refractivity contribution in [3.05, 3.63) is 80.9 Å². The summed E-state index contributed by atoms with van der Waals surface area (Å²) >= 11 is 2.20. The summed E-state index contributed by atoms with van der Waals surface area (Å²) in [6, 6.07) is 19.2. The summed E-state index contributed by atoms with van der Waals surface area (Å²) in [4.78, 5) is 17.2. The SMILES string of the molecule is Cc1ccc2nc(-c3ccc(C)c(NC(=O)c4cccc(I)c4)c3)oc2c1. The summed E-state index contributed by atoms with van der Waals surface area (Å²) in [6.45, 7) is 3.98. The van der Waals surface area contributed by atoms with Crippen molar-refractivity contribution in [3.63, 3.8) is 0 Å². The molecule has 134 valence electrons. The van der Waals surface area contributed by atoms with Crippen LogP contribution in [0.15, 0.2) is 65.1 Å². The molecule has 0 saturated carbocycles. The first kappa shape index (κ1) is 17.7. The summed E-state index contributed by atoms with van der Waals surface area (Å²) in [6.07, 6.45) is 0. The zero-order valence-electron chi connectivity index (χ0n) is 14.9. The molecule has 1 heterocycles. The fraction of sp³-hybridized carbons (Fsp3) is 0.0909. The fourth-order valence-corrected chi connectivity index (χ4v) is 3.41. The Hall–Kier alpha value is -2.67. The van der Waals surface area contributed by atoms with Gasteiger partial charge in [-0.15, -0.1) is 0 Å². The molecule has 0 aliphatic rings. The topological polar surface area (TPSA) is 55.1 Å². The Bertz CT molecular complexity index is 1160. The largest absolute Gasteiger partial charge is 0.436 e. The summed E-state index contributed by atoms with van der Waals surface area (Å²) in [5, 5.41) is 3.00. The highest BCUT2D eigenvalue weighted by Gasteiger charge is 2.13. The van der Waals surface area contributed by atoms with Gasteiger partial charge in [0, 0.05) is 20.4 Å². The standard InChI is InChI=1S/C22H17IN2O2/c1-13-6-9-18-20(10-13)27-22(25-18)16-8-7-14(2)19(12-16)24-21(26)15-4-3-5-17(23)11-15/h3-12H,1-2H3,(H,24,26). The van der Waals surface area contributed by atoms with Gasteiger partial charge in [-0.1, -0.05) is 18.2 Å². The number of oxazole rings is 1. The lowest BCUT2D eigenvalue weighted by molar-refractivity contribution is 0.102. The number of fused-ring (bicyclic) bond motifs is 1.